The molecular weight excluding hydrogens is 390 g/mol. The Morgan fingerprint density at radius 2 is 1.71 bits per heavy atom. The highest BCUT2D eigenvalue weighted by Crippen LogP contribution is 2.29. The molecule has 4 aromatic rings. The van der Waals surface area contributed by atoms with Gasteiger partial charge >= 0.3 is 0 Å². The lowest BCUT2D eigenvalue weighted by Gasteiger charge is -2.08. The van der Waals surface area contributed by atoms with Gasteiger partial charge in [-0.1, -0.05) is 17.7 Å². The van der Waals surface area contributed by atoms with Gasteiger partial charge in [0.25, 0.3) is 0 Å². The minimum atomic E-state index is 0.585. The number of aromatic nitrogens is 2. The molecule has 0 amide bonds. The van der Waals surface area contributed by atoms with Crippen molar-refractivity contribution < 1.29 is 14.2 Å². The predicted octanol–water partition coefficient (Wildman–Crippen LogP) is 5.14. The van der Waals surface area contributed by atoms with Gasteiger partial charge in [0.05, 0.1) is 31.7 Å². The number of imidazole rings is 1. The first kappa shape index (κ1) is 20.6. The van der Waals surface area contributed by atoms with Crippen LogP contribution in [0, 0.1) is 6.92 Å². The molecule has 0 saturated heterocycles. The molecule has 0 aliphatic rings. The number of aryl methyl sites for hydroxylation is 1. The summed E-state index contributed by atoms with van der Waals surface area (Å²) in [6.45, 7) is 3.34. The number of nitrogen functional groups attached to an aromatic ring is 1. The molecule has 0 saturated carbocycles. The van der Waals surface area contributed by atoms with Gasteiger partial charge in [-0.3, -0.25) is 0 Å². The SMILES string of the molecule is COc1ccc(-c2cn3cccc(OCCCCOc4ccc(C)cc4)c3n2)cc1N. The van der Waals surface area contributed by atoms with Crippen molar-refractivity contribution in [2.24, 2.45) is 0 Å². The maximum absolute atomic E-state index is 6.05. The minimum absolute atomic E-state index is 0.585. The van der Waals surface area contributed by atoms with Crippen molar-refractivity contribution >= 4 is 11.3 Å². The predicted molar refractivity (Wildman–Crippen MR) is 123 cm³/mol. The Morgan fingerprint density at radius 1 is 0.935 bits per heavy atom. The lowest BCUT2D eigenvalue weighted by molar-refractivity contribution is 0.267. The number of rotatable bonds is 9. The molecule has 2 aromatic carbocycles. The molecule has 6 nitrogen and oxygen atoms in total. The summed E-state index contributed by atoms with van der Waals surface area (Å²) >= 11 is 0. The topological polar surface area (TPSA) is 71.0 Å². The number of ether oxygens (including phenoxy) is 3. The van der Waals surface area contributed by atoms with Gasteiger partial charge in [0.1, 0.15) is 11.5 Å². The van der Waals surface area contributed by atoms with Gasteiger partial charge in [-0.15, -0.1) is 0 Å². The minimum Gasteiger partial charge on any atom is -0.495 e. The molecule has 0 unspecified atom stereocenters. The van der Waals surface area contributed by atoms with Crippen molar-refractivity contribution in [3.05, 3.63) is 72.6 Å². The maximum Gasteiger partial charge on any atom is 0.180 e. The maximum atomic E-state index is 6.05. The number of benzene rings is 2. The first-order valence-corrected chi connectivity index (χ1v) is 10.4. The van der Waals surface area contributed by atoms with E-state index < -0.39 is 0 Å². The van der Waals surface area contributed by atoms with E-state index in [9.17, 15) is 0 Å². The second kappa shape index (κ2) is 9.43. The van der Waals surface area contributed by atoms with Crippen LogP contribution in [-0.4, -0.2) is 29.7 Å². The van der Waals surface area contributed by atoms with Gasteiger partial charge in [0.2, 0.25) is 0 Å². The fourth-order valence-electron chi connectivity index (χ4n) is 3.34. The van der Waals surface area contributed by atoms with Gasteiger partial charge in [-0.2, -0.15) is 0 Å². The molecule has 0 aliphatic heterocycles. The van der Waals surface area contributed by atoms with Crippen molar-refractivity contribution in [2.75, 3.05) is 26.1 Å². The summed E-state index contributed by atoms with van der Waals surface area (Å²) in [6.07, 6.45) is 5.75. The molecule has 0 aliphatic carbocycles. The Balaban J connectivity index is 1.35. The molecule has 31 heavy (non-hydrogen) atoms. The molecule has 4 rings (SSSR count). The van der Waals surface area contributed by atoms with Gasteiger partial charge in [0, 0.05) is 18.0 Å². The number of hydrogen-bond acceptors (Lipinski definition) is 5. The third-order valence-electron chi connectivity index (χ3n) is 5.06. The second-order valence-electron chi connectivity index (χ2n) is 7.40. The summed E-state index contributed by atoms with van der Waals surface area (Å²) in [5.41, 5.74) is 10.4. The molecule has 0 bridgehead atoms. The van der Waals surface area contributed by atoms with Gasteiger partial charge < -0.3 is 24.3 Å². The van der Waals surface area contributed by atoms with E-state index in [0.29, 0.717) is 24.7 Å². The Labute approximate surface area is 182 Å². The summed E-state index contributed by atoms with van der Waals surface area (Å²) in [5.74, 6) is 2.32. The third-order valence-corrected chi connectivity index (χ3v) is 5.06. The molecule has 0 atom stereocenters. The van der Waals surface area contributed by atoms with E-state index in [0.717, 1.165) is 41.2 Å². The summed E-state index contributed by atoms with van der Waals surface area (Å²) < 4.78 is 19.0. The van der Waals surface area contributed by atoms with E-state index in [1.807, 2.05) is 59.3 Å². The van der Waals surface area contributed by atoms with E-state index in [2.05, 4.69) is 19.1 Å². The van der Waals surface area contributed by atoms with Crippen LogP contribution in [0.3, 0.4) is 0 Å². The molecule has 0 radical (unpaired) electrons. The second-order valence-corrected chi connectivity index (χ2v) is 7.40. The zero-order valence-corrected chi connectivity index (χ0v) is 17.9. The van der Waals surface area contributed by atoms with Crippen LogP contribution in [0.15, 0.2) is 67.0 Å². The van der Waals surface area contributed by atoms with E-state index in [-0.39, 0.29) is 0 Å². The molecule has 2 heterocycles. The van der Waals surface area contributed by atoms with Crippen LogP contribution in [0.2, 0.25) is 0 Å². The first-order valence-electron chi connectivity index (χ1n) is 10.4. The quantitative estimate of drug-likeness (QED) is 0.302. The van der Waals surface area contributed by atoms with Crippen molar-refractivity contribution in [2.45, 2.75) is 19.8 Å². The molecule has 6 heteroatoms. The van der Waals surface area contributed by atoms with E-state index >= 15 is 0 Å². The molecule has 160 valence electrons. The van der Waals surface area contributed by atoms with Crippen LogP contribution in [0.4, 0.5) is 5.69 Å². The lowest BCUT2D eigenvalue weighted by atomic mass is 10.1. The highest BCUT2D eigenvalue weighted by atomic mass is 16.5. The lowest BCUT2D eigenvalue weighted by Crippen LogP contribution is -2.03. The molecule has 0 fully saturated rings. The average Bonchev–Trinajstić information content (AvgIpc) is 3.22. The average molecular weight is 418 g/mol. The number of unbranched alkanes of at least 4 members (excludes halogenated alkanes) is 1. The van der Waals surface area contributed by atoms with Crippen LogP contribution in [0.1, 0.15) is 18.4 Å². The van der Waals surface area contributed by atoms with Gasteiger partial charge in [-0.25, -0.2) is 4.98 Å². The Hall–Kier alpha value is -3.67. The molecule has 2 N–H and O–H groups in total. The number of methoxy groups -OCH3 is 1. The zero-order valence-electron chi connectivity index (χ0n) is 17.9. The van der Waals surface area contributed by atoms with Crippen LogP contribution in [0.25, 0.3) is 16.9 Å². The Morgan fingerprint density at radius 3 is 2.45 bits per heavy atom. The summed E-state index contributed by atoms with van der Waals surface area (Å²) in [6, 6.07) is 17.7. The first-order chi connectivity index (χ1) is 15.1. The number of anilines is 1. The molecule has 0 spiro atoms. The standard InChI is InChI=1S/C25H27N3O3/c1-18-7-10-20(11-8-18)30-14-3-4-15-31-24-6-5-13-28-17-22(27-25(24)28)19-9-12-23(29-2)21(26)16-19/h5-13,16-17H,3-4,14-15,26H2,1-2H3. The highest BCUT2D eigenvalue weighted by molar-refractivity contribution is 5.71. The van der Waals surface area contributed by atoms with E-state index in [4.69, 9.17) is 24.9 Å². The number of nitrogens with two attached hydrogens (primary N) is 1. The summed E-state index contributed by atoms with van der Waals surface area (Å²) in [4.78, 5) is 4.76. The fourth-order valence-corrected chi connectivity index (χ4v) is 3.34. The number of pyridine rings is 1. The number of hydrogen-bond donors (Lipinski definition) is 1. The highest BCUT2D eigenvalue weighted by Gasteiger charge is 2.10. The van der Waals surface area contributed by atoms with Crippen LogP contribution >= 0.6 is 0 Å². The van der Waals surface area contributed by atoms with Crippen LogP contribution in [0.5, 0.6) is 17.2 Å². The van der Waals surface area contributed by atoms with Crippen molar-refractivity contribution in [3.8, 4) is 28.5 Å². The fraction of sp³-hybridized carbons (Fsp3) is 0.240. The zero-order chi connectivity index (χ0) is 21.6. The van der Waals surface area contributed by atoms with Crippen molar-refractivity contribution in [3.63, 3.8) is 0 Å². The summed E-state index contributed by atoms with van der Waals surface area (Å²) in [7, 11) is 1.61. The van der Waals surface area contributed by atoms with Crippen molar-refractivity contribution in [1.29, 1.82) is 0 Å². The van der Waals surface area contributed by atoms with Crippen LogP contribution in [-0.2, 0) is 0 Å². The number of fused-ring (bicyclic) bond motifs is 1. The van der Waals surface area contributed by atoms with E-state index in [1.165, 1.54) is 5.56 Å². The molecule has 2 aromatic heterocycles. The Kier molecular flexibility index (Phi) is 6.26. The Bertz CT molecular complexity index is 1150. The van der Waals surface area contributed by atoms with Crippen molar-refractivity contribution in [1.82, 2.24) is 9.38 Å². The normalized spacial score (nSPS) is 10.9. The monoisotopic (exact) mass is 417 g/mol. The smallest absolute Gasteiger partial charge is 0.180 e. The third kappa shape index (κ3) is 4.91. The van der Waals surface area contributed by atoms with Crippen LogP contribution < -0.4 is 19.9 Å². The number of nitrogens with zero attached hydrogens (tertiary/aromatic N) is 2. The molecular formula is C25H27N3O3. The van der Waals surface area contributed by atoms with Gasteiger partial charge in [0.15, 0.2) is 11.4 Å². The van der Waals surface area contributed by atoms with Gasteiger partial charge in [-0.05, 0) is 62.2 Å². The van der Waals surface area contributed by atoms with E-state index in [1.54, 1.807) is 7.11 Å². The largest absolute Gasteiger partial charge is 0.495 e. The summed E-state index contributed by atoms with van der Waals surface area (Å²) in [5, 5.41) is 0.